The van der Waals surface area contributed by atoms with Gasteiger partial charge in [0.15, 0.2) is 0 Å². The van der Waals surface area contributed by atoms with Gasteiger partial charge in [-0.05, 0) is 30.8 Å². The molecule has 0 radical (unpaired) electrons. The van der Waals surface area contributed by atoms with Crippen molar-refractivity contribution >= 4 is 31.2 Å². The largest absolute Gasteiger partial charge is 0.466 e. The fraction of sp³-hybridized carbons (Fsp3) is 0.875. The number of hydrogen-bond acceptors (Lipinski definition) is 4. The summed E-state index contributed by atoms with van der Waals surface area (Å²) in [4.78, 5) is 10.9. The average Bonchev–Trinajstić information content (AvgIpc) is 2.09. The van der Waals surface area contributed by atoms with Crippen molar-refractivity contribution in [3.8, 4) is 0 Å². The van der Waals surface area contributed by atoms with E-state index < -0.39 is 0 Å². The number of rotatable bonds is 7. The third kappa shape index (κ3) is 8.27. The molecule has 0 aromatic heterocycles. The molecule has 4 heteroatoms. The Morgan fingerprint density at radius 1 is 1.08 bits per heavy atom. The maximum Gasteiger partial charge on any atom is 0.305 e. The number of esters is 1. The molecule has 0 unspecified atom stereocenters. The van der Waals surface area contributed by atoms with E-state index in [4.69, 9.17) is 4.74 Å². The molecular formula is C8H16O2S2. The van der Waals surface area contributed by atoms with Crippen LogP contribution in [0.25, 0.3) is 0 Å². The summed E-state index contributed by atoms with van der Waals surface area (Å²) in [7, 11) is 0. The lowest BCUT2D eigenvalue weighted by molar-refractivity contribution is -0.143. The van der Waals surface area contributed by atoms with E-state index in [1.807, 2.05) is 0 Å². The van der Waals surface area contributed by atoms with Crippen molar-refractivity contribution in [3.63, 3.8) is 0 Å². The Kier molecular flexibility index (Phi) is 9.39. The first kappa shape index (κ1) is 12.2. The highest BCUT2D eigenvalue weighted by atomic mass is 32.1. The highest BCUT2D eigenvalue weighted by Crippen LogP contribution is 1.97. The highest BCUT2D eigenvalue weighted by Gasteiger charge is 2.00. The van der Waals surface area contributed by atoms with Gasteiger partial charge in [-0.15, -0.1) is 0 Å². The summed E-state index contributed by atoms with van der Waals surface area (Å²) < 4.78 is 4.94. The van der Waals surface area contributed by atoms with Gasteiger partial charge in [0.05, 0.1) is 6.61 Å². The van der Waals surface area contributed by atoms with Crippen LogP contribution in [0, 0.1) is 0 Å². The predicted octanol–water partition coefficient (Wildman–Crippen LogP) is 1.95. The van der Waals surface area contributed by atoms with E-state index in [0.717, 1.165) is 30.8 Å². The maximum absolute atomic E-state index is 10.9. The molecule has 0 amide bonds. The second-order valence-electron chi connectivity index (χ2n) is 2.48. The van der Waals surface area contributed by atoms with Gasteiger partial charge in [0.1, 0.15) is 0 Å². The third-order valence-electron chi connectivity index (χ3n) is 1.35. The van der Waals surface area contributed by atoms with E-state index in [9.17, 15) is 4.79 Å². The lowest BCUT2D eigenvalue weighted by atomic mass is 10.3. The Morgan fingerprint density at radius 2 is 1.75 bits per heavy atom. The van der Waals surface area contributed by atoms with Crippen molar-refractivity contribution in [2.45, 2.75) is 25.7 Å². The lowest BCUT2D eigenvalue weighted by Gasteiger charge is -2.02. The summed E-state index contributed by atoms with van der Waals surface area (Å²) >= 11 is 8.05. The first-order valence-corrected chi connectivity index (χ1v) is 5.45. The molecule has 0 N–H and O–H groups in total. The minimum atomic E-state index is -0.108. The molecule has 0 saturated carbocycles. The molecule has 0 atom stereocenters. The van der Waals surface area contributed by atoms with Gasteiger partial charge in [-0.3, -0.25) is 4.79 Å². The third-order valence-corrected chi connectivity index (χ3v) is 1.99. The van der Waals surface area contributed by atoms with Crippen molar-refractivity contribution < 1.29 is 9.53 Å². The molecule has 0 fully saturated rings. The van der Waals surface area contributed by atoms with Crippen LogP contribution in [-0.2, 0) is 9.53 Å². The van der Waals surface area contributed by atoms with Crippen LogP contribution in [0.15, 0.2) is 0 Å². The highest BCUT2D eigenvalue weighted by molar-refractivity contribution is 7.80. The summed E-state index contributed by atoms with van der Waals surface area (Å²) in [6.45, 7) is 0.534. The molecule has 0 saturated heterocycles. The molecule has 0 heterocycles. The number of thiol groups is 2. The maximum atomic E-state index is 10.9. The van der Waals surface area contributed by atoms with Crippen LogP contribution in [-0.4, -0.2) is 24.1 Å². The van der Waals surface area contributed by atoms with Crippen LogP contribution in [0.5, 0.6) is 0 Å². The van der Waals surface area contributed by atoms with E-state index in [-0.39, 0.29) is 5.97 Å². The van der Waals surface area contributed by atoms with Gasteiger partial charge in [0.2, 0.25) is 0 Å². The van der Waals surface area contributed by atoms with Crippen LogP contribution in [0.3, 0.4) is 0 Å². The zero-order chi connectivity index (χ0) is 9.23. The van der Waals surface area contributed by atoms with Crippen molar-refractivity contribution in [2.24, 2.45) is 0 Å². The molecule has 72 valence electrons. The van der Waals surface area contributed by atoms with Crippen molar-refractivity contribution in [3.05, 3.63) is 0 Å². The summed E-state index contributed by atoms with van der Waals surface area (Å²) in [5.74, 6) is 1.49. The standard InChI is InChI=1S/C8H16O2S2/c9-8(4-3-7-12)10-5-1-2-6-11/h11-12H,1-7H2. The zero-order valence-electron chi connectivity index (χ0n) is 7.16. The van der Waals surface area contributed by atoms with E-state index >= 15 is 0 Å². The van der Waals surface area contributed by atoms with Crippen molar-refractivity contribution in [1.29, 1.82) is 0 Å². The quantitative estimate of drug-likeness (QED) is 0.380. The van der Waals surface area contributed by atoms with Gasteiger partial charge in [0.25, 0.3) is 0 Å². The van der Waals surface area contributed by atoms with Gasteiger partial charge in [-0.2, -0.15) is 25.3 Å². The van der Waals surface area contributed by atoms with E-state index in [1.54, 1.807) is 0 Å². The van der Waals surface area contributed by atoms with E-state index in [0.29, 0.717) is 13.0 Å². The van der Waals surface area contributed by atoms with Gasteiger partial charge >= 0.3 is 5.97 Å². The Labute approximate surface area is 84.9 Å². The van der Waals surface area contributed by atoms with Crippen molar-refractivity contribution in [1.82, 2.24) is 0 Å². The zero-order valence-corrected chi connectivity index (χ0v) is 8.95. The first-order valence-electron chi connectivity index (χ1n) is 4.18. The van der Waals surface area contributed by atoms with Gasteiger partial charge in [0, 0.05) is 6.42 Å². The molecule has 0 aliphatic heterocycles. The molecular weight excluding hydrogens is 192 g/mol. The molecule has 0 aliphatic carbocycles. The minimum Gasteiger partial charge on any atom is -0.466 e. The van der Waals surface area contributed by atoms with Gasteiger partial charge in [-0.25, -0.2) is 0 Å². The van der Waals surface area contributed by atoms with Crippen LogP contribution < -0.4 is 0 Å². The van der Waals surface area contributed by atoms with Crippen LogP contribution in [0.2, 0.25) is 0 Å². The fourth-order valence-electron chi connectivity index (χ4n) is 0.695. The topological polar surface area (TPSA) is 26.3 Å². The molecule has 0 rings (SSSR count). The Morgan fingerprint density at radius 3 is 2.33 bits per heavy atom. The number of ether oxygens (including phenoxy) is 1. The number of hydrogen-bond donors (Lipinski definition) is 2. The molecule has 2 nitrogen and oxygen atoms in total. The SMILES string of the molecule is O=C(CCCS)OCCCCS. The summed E-state index contributed by atoms with van der Waals surface area (Å²) in [6, 6.07) is 0. The molecule has 0 aromatic rings. The lowest BCUT2D eigenvalue weighted by Crippen LogP contribution is -2.05. The predicted molar refractivity (Wildman–Crippen MR) is 57.1 cm³/mol. The Hall–Kier alpha value is 0.170. The summed E-state index contributed by atoms with van der Waals surface area (Å²) in [5.41, 5.74) is 0. The van der Waals surface area contributed by atoms with Crippen molar-refractivity contribution in [2.75, 3.05) is 18.1 Å². The molecule has 0 aromatic carbocycles. The number of unbranched alkanes of at least 4 members (excludes halogenated alkanes) is 1. The summed E-state index contributed by atoms with van der Waals surface area (Å²) in [5, 5.41) is 0. The number of carbonyl (C=O) groups excluding carboxylic acids is 1. The smallest absolute Gasteiger partial charge is 0.305 e. The Bertz CT molecular complexity index is 118. The second-order valence-corrected chi connectivity index (χ2v) is 3.37. The van der Waals surface area contributed by atoms with Crippen LogP contribution in [0.1, 0.15) is 25.7 Å². The van der Waals surface area contributed by atoms with Crippen LogP contribution in [0.4, 0.5) is 0 Å². The normalized spacial score (nSPS) is 9.83. The Balaban J connectivity index is 3.08. The molecule has 0 spiro atoms. The van der Waals surface area contributed by atoms with E-state index in [2.05, 4.69) is 25.3 Å². The average molecular weight is 208 g/mol. The summed E-state index contributed by atoms with van der Waals surface area (Å²) in [6.07, 6.45) is 3.21. The number of carbonyl (C=O) groups is 1. The first-order chi connectivity index (χ1) is 5.81. The minimum absolute atomic E-state index is 0.108. The molecule has 12 heavy (non-hydrogen) atoms. The molecule has 0 bridgehead atoms. The van der Waals surface area contributed by atoms with E-state index in [1.165, 1.54) is 0 Å². The second kappa shape index (κ2) is 9.26. The van der Waals surface area contributed by atoms with Crippen LogP contribution >= 0.6 is 25.3 Å². The molecule has 0 aliphatic rings. The fourth-order valence-corrected chi connectivity index (χ4v) is 1.08. The van der Waals surface area contributed by atoms with Gasteiger partial charge < -0.3 is 4.74 Å². The van der Waals surface area contributed by atoms with Gasteiger partial charge in [-0.1, -0.05) is 0 Å². The monoisotopic (exact) mass is 208 g/mol.